The summed E-state index contributed by atoms with van der Waals surface area (Å²) in [6.07, 6.45) is 2.63. The number of benzene rings is 1. The molecular weight excluding hydrogens is 308 g/mol. The van der Waals surface area contributed by atoms with Gasteiger partial charge in [-0.25, -0.2) is 4.98 Å². The van der Waals surface area contributed by atoms with Crippen LogP contribution in [0.5, 0.6) is 0 Å². The van der Waals surface area contributed by atoms with E-state index in [1.165, 1.54) is 12.6 Å². The van der Waals surface area contributed by atoms with Crippen molar-refractivity contribution in [3.8, 4) is 0 Å². The van der Waals surface area contributed by atoms with E-state index >= 15 is 0 Å². The highest BCUT2D eigenvalue weighted by Gasteiger charge is 2.34. The van der Waals surface area contributed by atoms with Crippen molar-refractivity contribution in [3.63, 3.8) is 0 Å². The standard InChI is InChI=1S/C17H20N4O3/c1-18-16(22)14-11-21(17(23)15-9-19-12-24-15)8-7-20(14)10-13-5-3-2-4-6-13/h2-6,9,12,14H,7-8,10-11H2,1H3,(H,18,22)/t14-/m0/s1. The summed E-state index contributed by atoms with van der Waals surface area (Å²) in [6, 6.07) is 9.60. The van der Waals surface area contributed by atoms with Crippen LogP contribution in [0.3, 0.4) is 0 Å². The Bertz CT molecular complexity index is 687. The first-order valence-electron chi connectivity index (χ1n) is 7.86. The second kappa shape index (κ2) is 7.27. The maximum Gasteiger partial charge on any atom is 0.291 e. The fraction of sp³-hybridized carbons (Fsp3) is 0.353. The van der Waals surface area contributed by atoms with E-state index in [1.807, 2.05) is 30.3 Å². The molecule has 3 rings (SSSR count). The van der Waals surface area contributed by atoms with Crippen LogP contribution in [0.1, 0.15) is 16.1 Å². The Balaban J connectivity index is 1.73. The first kappa shape index (κ1) is 16.2. The second-order valence-electron chi connectivity index (χ2n) is 5.70. The van der Waals surface area contributed by atoms with Gasteiger partial charge in [0.1, 0.15) is 6.04 Å². The van der Waals surface area contributed by atoms with Gasteiger partial charge in [0.15, 0.2) is 6.39 Å². The van der Waals surface area contributed by atoms with Crippen LogP contribution in [0.4, 0.5) is 0 Å². The van der Waals surface area contributed by atoms with Crippen molar-refractivity contribution in [1.29, 1.82) is 0 Å². The van der Waals surface area contributed by atoms with E-state index in [1.54, 1.807) is 11.9 Å². The normalized spacial score (nSPS) is 18.4. The zero-order valence-corrected chi connectivity index (χ0v) is 13.5. The molecule has 1 fully saturated rings. The lowest BCUT2D eigenvalue weighted by atomic mass is 10.1. The molecule has 1 saturated heterocycles. The molecular formula is C17H20N4O3. The summed E-state index contributed by atoms with van der Waals surface area (Å²) in [5.74, 6) is -0.135. The smallest absolute Gasteiger partial charge is 0.291 e. The van der Waals surface area contributed by atoms with Crippen LogP contribution in [0.15, 0.2) is 47.3 Å². The van der Waals surface area contributed by atoms with E-state index < -0.39 is 6.04 Å². The lowest BCUT2D eigenvalue weighted by Crippen LogP contribution is -2.59. The fourth-order valence-corrected chi connectivity index (χ4v) is 2.90. The van der Waals surface area contributed by atoms with Crippen molar-refractivity contribution in [3.05, 3.63) is 54.2 Å². The maximum absolute atomic E-state index is 12.4. The van der Waals surface area contributed by atoms with Crippen molar-refractivity contribution >= 4 is 11.8 Å². The van der Waals surface area contributed by atoms with Crippen molar-refractivity contribution in [2.24, 2.45) is 0 Å². The van der Waals surface area contributed by atoms with Crippen LogP contribution in [0, 0.1) is 0 Å². The lowest BCUT2D eigenvalue weighted by Gasteiger charge is -2.40. The van der Waals surface area contributed by atoms with Gasteiger partial charge in [-0.2, -0.15) is 0 Å². The average molecular weight is 328 g/mol. The second-order valence-corrected chi connectivity index (χ2v) is 5.70. The molecule has 1 aromatic carbocycles. The number of carbonyl (C=O) groups is 2. The summed E-state index contributed by atoms with van der Waals surface area (Å²) in [7, 11) is 1.61. The highest BCUT2D eigenvalue weighted by atomic mass is 16.3. The Hall–Kier alpha value is -2.67. The van der Waals surface area contributed by atoms with E-state index in [2.05, 4.69) is 15.2 Å². The molecule has 7 heteroatoms. The third-order valence-electron chi connectivity index (χ3n) is 4.20. The van der Waals surface area contributed by atoms with Gasteiger partial charge in [-0.15, -0.1) is 0 Å². The van der Waals surface area contributed by atoms with E-state index in [-0.39, 0.29) is 17.6 Å². The van der Waals surface area contributed by atoms with Crippen LogP contribution >= 0.6 is 0 Å². The summed E-state index contributed by atoms with van der Waals surface area (Å²) in [4.78, 5) is 32.2. The predicted molar refractivity (Wildman–Crippen MR) is 87.1 cm³/mol. The molecule has 24 heavy (non-hydrogen) atoms. The Morgan fingerprint density at radius 1 is 1.29 bits per heavy atom. The minimum absolute atomic E-state index is 0.0963. The predicted octanol–water partition coefficient (Wildman–Crippen LogP) is 0.747. The van der Waals surface area contributed by atoms with Crippen molar-refractivity contribution in [1.82, 2.24) is 20.1 Å². The van der Waals surface area contributed by atoms with E-state index in [4.69, 9.17) is 4.42 Å². The highest BCUT2D eigenvalue weighted by Crippen LogP contribution is 2.16. The van der Waals surface area contributed by atoms with E-state index in [0.717, 1.165) is 5.56 Å². The van der Waals surface area contributed by atoms with E-state index in [9.17, 15) is 9.59 Å². The summed E-state index contributed by atoms with van der Waals surface area (Å²) in [6.45, 7) is 2.15. The van der Waals surface area contributed by atoms with Gasteiger partial charge in [0.05, 0.1) is 6.20 Å². The summed E-state index contributed by atoms with van der Waals surface area (Å²) in [5.41, 5.74) is 1.14. The molecule has 2 amide bonds. The third-order valence-corrected chi connectivity index (χ3v) is 4.20. The maximum atomic E-state index is 12.4. The van der Waals surface area contributed by atoms with Crippen LogP contribution in [0.2, 0.25) is 0 Å². The molecule has 0 radical (unpaired) electrons. The summed E-state index contributed by atoms with van der Waals surface area (Å²) in [5, 5.41) is 2.69. The number of likely N-dealkylation sites (N-methyl/N-ethyl adjacent to an activating group) is 1. The number of rotatable bonds is 4. The number of oxazole rings is 1. The highest BCUT2D eigenvalue weighted by molar-refractivity contribution is 5.92. The number of amides is 2. The fourth-order valence-electron chi connectivity index (χ4n) is 2.90. The molecule has 0 bridgehead atoms. The van der Waals surface area contributed by atoms with E-state index in [0.29, 0.717) is 26.2 Å². The van der Waals surface area contributed by atoms with Gasteiger partial charge >= 0.3 is 0 Å². The molecule has 126 valence electrons. The van der Waals surface area contributed by atoms with Crippen LogP contribution in [0.25, 0.3) is 0 Å². The molecule has 1 atom stereocenters. The third kappa shape index (κ3) is 3.46. The van der Waals surface area contributed by atoms with Gasteiger partial charge in [0.25, 0.3) is 5.91 Å². The molecule has 1 aromatic heterocycles. The lowest BCUT2D eigenvalue weighted by molar-refractivity contribution is -0.128. The summed E-state index contributed by atoms with van der Waals surface area (Å²) >= 11 is 0. The molecule has 0 spiro atoms. The number of nitrogens with zero attached hydrogens (tertiary/aromatic N) is 3. The minimum Gasteiger partial charge on any atom is -0.438 e. The minimum atomic E-state index is -0.393. The first-order valence-corrected chi connectivity index (χ1v) is 7.86. The molecule has 0 aliphatic carbocycles. The van der Waals surface area contributed by atoms with Crippen molar-refractivity contribution in [2.75, 3.05) is 26.7 Å². The van der Waals surface area contributed by atoms with Crippen LogP contribution < -0.4 is 5.32 Å². The Morgan fingerprint density at radius 3 is 2.75 bits per heavy atom. The molecule has 1 aliphatic rings. The van der Waals surface area contributed by atoms with Crippen LogP contribution in [-0.4, -0.2) is 59.3 Å². The largest absolute Gasteiger partial charge is 0.438 e. The number of nitrogens with one attached hydrogen (secondary N) is 1. The number of hydrogen-bond acceptors (Lipinski definition) is 5. The molecule has 7 nitrogen and oxygen atoms in total. The molecule has 1 aliphatic heterocycles. The molecule has 1 N–H and O–H groups in total. The average Bonchev–Trinajstić information content (AvgIpc) is 3.16. The molecule has 2 aromatic rings. The van der Waals surface area contributed by atoms with Gasteiger partial charge in [0, 0.05) is 33.2 Å². The van der Waals surface area contributed by atoms with Crippen molar-refractivity contribution < 1.29 is 14.0 Å². The van der Waals surface area contributed by atoms with Gasteiger partial charge in [0.2, 0.25) is 11.7 Å². The Labute approximate surface area is 140 Å². The number of carbonyl (C=O) groups excluding carboxylic acids is 2. The zero-order valence-electron chi connectivity index (χ0n) is 13.5. The van der Waals surface area contributed by atoms with Gasteiger partial charge < -0.3 is 14.6 Å². The number of aromatic nitrogens is 1. The van der Waals surface area contributed by atoms with Gasteiger partial charge in [-0.3, -0.25) is 14.5 Å². The van der Waals surface area contributed by atoms with Crippen LogP contribution in [-0.2, 0) is 11.3 Å². The molecule has 0 saturated carbocycles. The summed E-state index contributed by atoms with van der Waals surface area (Å²) < 4.78 is 5.08. The number of piperazine rings is 1. The molecule has 0 unspecified atom stereocenters. The first-order chi connectivity index (χ1) is 11.7. The monoisotopic (exact) mass is 328 g/mol. The van der Waals surface area contributed by atoms with Gasteiger partial charge in [-0.1, -0.05) is 30.3 Å². The van der Waals surface area contributed by atoms with Crippen molar-refractivity contribution in [2.45, 2.75) is 12.6 Å². The quantitative estimate of drug-likeness (QED) is 0.896. The zero-order chi connectivity index (χ0) is 16.9. The van der Waals surface area contributed by atoms with Gasteiger partial charge in [-0.05, 0) is 5.56 Å². The SMILES string of the molecule is CNC(=O)[C@@H]1CN(C(=O)c2cnco2)CCN1Cc1ccccc1. The number of hydrogen-bond donors (Lipinski definition) is 1. The molecule has 2 heterocycles. The Kier molecular flexibility index (Phi) is 4.90. The topological polar surface area (TPSA) is 78.7 Å². The Morgan fingerprint density at radius 2 is 2.08 bits per heavy atom.